The van der Waals surface area contributed by atoms with Crippen molar-refractivity contribution in [1.82, 2.24) is 29.5 Å². The summed E-state index contributed by atoms with van der Waals surface area (Å²) >= 11 is 3.58. The first-order valence-electron chi connectivity index (χ1n) is 15.6. The van der Waals surface area contributed by atoms with Crippen LogP contribution in [-0.2, 0) is 24.9 Å². The molecular weight excluding hydrogens is 678 g/mol. The number of ether oxygens (including phenoxy) is 1. The number of carbonyl (C=O) groups excluding carboxylic acids is 1. The van der Waals surface area contributed by atoms with Crippen LogP contribution in [0.15, 0.2) is 84.1 Å². The molecule has 4 aromatic heterocycles. The van der Waals surface area contributed by atoms with Crippen molar-refractivity contribution >= 4 is 55.9 Å². The summed E-state index contributed by atoms with van der Waals surface area (Å²) in [6.07, 6.45) is 14.8. The van der Waals surface area contributed by atoms with Crippen LogP contribution in [0.1, 0.15) is 50.4 Å². The van der Waals surface area contributed by atoms with Gasteiger partial charge in [-0.05, 0) is 99.9 Å². The molecule has 0 spiro atoms. The number of benzene rings is 1. The van der Waals surface area contributed by atoms with Crippen LogP contribution >= 0.6 is 15.9 Å². The van der Waals surface area contributed by atoms with Crippen molar-refractivity contribution < 1.29 is 14.5 Å². The molecule has 0 aliphatic heterocycles. The van der Waals surface area contributed by atoms with Gasteiger partial charge in [0.2, 0.25) is 12.2 Å². The number of pyridine rings is 2. The second kappa shape index (κ2) is 16.5. The van der Waals surface area contributed by atoms with E-state index in [-0.39, 0.29) is 11.7 Å². The van der Waals surface area contributed by atoms with Crippen molar-refractivity contribution in [2.24, 2.45) is 13.0 Å². The molecule has 5 rings (SSSR count). The van der Waals surface area contributed by atoms with Crippen molar-refractivity contribution in [2.75, 3.05) is 10.6 Å². The molecule has 1 unspecified atom stereocenters. The summed E-state index contributed by atoms with van der Waals surface area (Å²) < 4.78 is 8.40. The number of halogens is 1. The molecule has 4 heterocycles. The van der Waals surface area contributed by atoms with Crippen LogP contribution in [0.4, 0.5) is 23.1 Å². The van der Waals surface area contributed by atoms with E-state index >= 15 is 0 Å². The molecule has 0 saturated heterocycles. The molecular formula is C34H36BrN9O4. The van der Waals surface area contributed by atoms with Crippen LogP contribution in [-0.4, -0.2) is 40.3 Å². The summed E-state index contributed by atoms with van der Waals surface area (Å²) in [7, 11) is 1.78. The van der Waals surface area contributed by atoms with Gasteiger partial charge in [0.05, 0.1) is 21.9 Å². The molecule has 0 saturated carbocycles. The molecule has 13 nitrogen and oxygen atoms in total. The monoisotopic (exact) mass is 713 g/mol. The number of nitro groups is 1. The van der Waals surface area contributed by atoms with E-state index in [9.17, 15) is 14.9 Å². The van der Waals surface area contributed by atoms with Crippen LogP contribution in [0.25, 0.3) is 10.9 Å². The molecule has 248 valence electrons. The number of hydrogen-bond donors (Lipinski definition) is 2. The maximum atomic E-state index is 12.6. The quantitative estimate of drug-likeness (QED) is 0.0454. The Morgan fingerprint density at radius 3 is 2.77 bits per heavy atom. The minimum atomic E-state index is -0.426. The smallest absolute Gasteiger partial charge is 0.384 e. The summed E-state index contributed by atoms with van der Waals surface area (Å²) in [6.45, 7) is 2.51. The van der Waals surface area contributed by atoms with Gasteiger partial charge in [-0.25, -0.2) is 15.0 Å². The number of aryl methyl sites for hydroxylation is 1. The van der Waals surface area contributed by atoms with Gasteiger partial charge in [0.1, 0.15) is 36.0 Å². The Bertz CT molecular complexity index is 1900. The van der Waals surface area contributed by atoms with E-state index < -0.39 is 4.92 Å². The maximum absolute atomic E-state index is 12.6. The molecule has 0 aliphatic rings. The number of anilines is 3. The number of aromatic nitrogens is 6. The van der Waals surface area contributed by atoms with Gasteiger partial charge in [0, 0.05) is 24.3 Å². The first-order valence-corrected chi connectivity index (χ1v) is 16.4. The number of rotatable bonds is 16. The van der Waals surface area contributed by atoms with Gasteiger partial charge in [-0.2, -0.15) is 0 Å². The molecule has 1 amide bonds. The third-order valence-electron chi connectivity index (χ3n) is 7.74. The summed E-state index contributed by atoms with van der Waals surface area (Å²) in [5.41, 5.74) is 2.90. The molecule has 14 heteroatoms. The minimum absolute atomic E-state index is 0.0590. The van der Waals surface area contributed by atoms with Gasteiger partial charge in [-0.15, -0.1) is 0 Å². The molecule has 0 aliphatic carbocycles. The highest BCUT2D eigenvalue weighted by Crippen LogP contribution is 2.31. The lowest BCUT2D eigenvalue weighted by atomic mass is 9.97. The third kappa shape index (κ3) is 9.41. The number of nitrogens with one attached hydrogen (secondary N) is 2. The fourth-order valence-electron chi connectivity index (χ4n) is 5.12. The highest BCUT2D eigenvalue weighted by molar-refractivity contribution is 9.10. The van der Waals surface area contributed by atoms with Crippen molar-refractivity contribution in [1.29, 1.82) is 0 Å². The zero-order valence-corrected chi connectivity index (χ0v) is 28.3. The maximum Gasteiger partial charge on any atom is 0.384 e. The lowest BCUT2D eigenvalue weighted by Crippen LogP contribution is -2.09. The Balaban J connectivity index is 1.09. The van der Waals surface area contributed by atoms with Crippen LogP contribution in [0.5, 0.6) is 5.75 Å². The molecule has 1 atom stereocenters. The molecule has 5 aromatic rings. The topological polar surface area (TPSA) is 163 Å². The number of hydrogen-bond acceptors (Lipinski definition) is 10. The van der Waals surface area contributed by atoms with Crippen LogP contribution < -0.4 is 15.4 Å². The molecule has 1 aromatic carbocycles. The van der Waals surface area contributed by atoms with Crippen molar-refractivity contribution in [2.45, 2.75) is 52.1 Å². The number of fused-ring (bicyclic) bond motifs is 1. The predicted octanol–water partition coefficient (Wildman–Crippen LogP) is 7.47. The standard InChI is InChI=1S/C34H36BrN9O4/c1-23(12-14-29-34(44(46)47)40-22-43(29)2)9-5-3-4-6-11-32(45)42-31-18-26-28(19-37-31)38-21-39-33(26)41-24-13-15-30(27(35)17-24)48-20-25-10-7-8-16-36-25/h6-8,10-11,13,15-19,21-23H,3-5,9,12,14,20H2,1-2H3,(H,37,42,45)(H,38,39,41)/b11-6+. The van der Waals surface area contributed by atoms with Gasteiger partial charge in [-0.3, -0.25) is 9.78 Å². The second-order valence-electron chi connectivity index (χ2n) is 11.4. The number of imidazole rings is 1. The Hall–Kier alpha value is -5.24. The number of allylic oxidation sites excluding steroid dienone is 1. The highest BCUT2D eigenvalue weighted by Gasteiger charge is 2.20. The lowest BCUT2D eigenvalue weighted by Gasteiger charge is -2.12. The molecule has 48 heavy (non-hydrogen) atoms. The molecule has 0 radical (unpaired) electrons. The summed E-state index contributed by atoms with van der Waals surface area (Å²) in [4.78, 5) is 44.6. The fourth-order valence-corrected chi connectivity index (χ4v) is 5.61. The molecule has 0 fully saturated rings. The van der Waals surface area contributed by atoms with E-state index in [1.165, 1.54) is 18.7 Å². The fraction of sp³-hybridized carbons (Fsp3) is 0.294. The number of nitrogens with zero attached hydrogens (tertiary/aromatic N) is 7. The lowest BCUT2D eigenvalue weighted by molar-refractivity contribution is -0.390. The summed E-state index contributed by atoms with van der Waals surface area (Å²) in [5, 5.41) is 18.0. The Labute approximate surface area is 286 Å². The van der Waals surface area contributed by atoms with Crippen molar-refractivity contribution in [3.05, 3.63) is 106 Å². The van der Waals surface area contributed by atoms with Gasteiger partial charge in [0.15, 0.2) is 0 Å². The predicted molar refractivity (Wildman–Crippen MR) is 187 cm³/mol. The Morgan fingerprint density at radius 2 is 1.98 bits per heavy atom. The Kier molecular flexibility index (Phi) is 11.8. The van der Waals surface area contributed by atoms with Crippen molar-refractivity contribution in [3.8, 4) is 5.75 Å². The normalized spacial score (nSPS) is 11.9. The van der Waals surface area contributed by atoms with E-state index in [2.05, 4.69) is 58.4 Å². The summed E-state index contributed by atoms with van der Waals surface area (Å²) in [5.74, 6) is 1.72. The van der Waals surface area contributed by atoms with Gasteiger partial charge in [0.25, 0.3) is 0 Å². The third-order valence-corrected chi connectivity index (χ3v) is 8.36. The first-order chi connectivity index (χ1) is 23.3. The van der Waals surface area contributed by atoms with E-state index in [4.69, 9.17) is 4.74 Å². The van der Waals surface area contributed by atoms with Gasteiger partial charge in [-0.1, -0.05) is 31.9 Å². The zero-order valence-electron chi connectivity index (χ0n) is 26.7. The van der Waals surface area contributed by atoms with E-state index in [0.29, 0.717) is 52.9 Å². The van der Waals surface area contributed by atoms with Gasteiger partial charge < -0.3 is 30.1 Å². The molecule has 0 bridgehead atoms. The Morgan fingerprint density at radius 1 is 1.10 bits per heavy atom. The van der Waals surface area contributed by atoms with E-state index in [1.54, 1.807) is 30.1 Å². The number of carbonyl (C=O) groups is 1. The van der Waals surface area contributed by atoms with Crippen LogP contribution in [0.2, 0.25) is 0 Å². The minimum Gasteiger partial charge on any atom is -0.486 e. The largest absolute Gasteiger partial charge is 0.486 e. The number of unbranched alkanes of at least 4 members (excludes halogenated alkanes) is 2. The average Bonchev–Trinajstić information content (AvgIpc) is 3.46. The van der Waals surface area contributed by atoms with Crippen LogP contribution in [0.3, 0.4) is 0 Å². The second-order valence-corrected chi connectivity index (χ2v) is 12.2. The SMILES string of the molecule is CC(CCCC/C=C/C(=O)Nc1cc2c(Nc3ccc(OCc4ccccn4)c(Br)c3)ncnc2cn1)CCc1c([N+](=O)[O-])ncn1C. The number of amides is 1. The van der Waals surface area contributed by atoms with Gasteiger partial charge >= 0.3 is 5.82 Å². The average molecular weight is 715 g/mol. The highest BCUT2D eigenvalue weighted by atomic mass is 79.9. The summed E-state index contributed by atoms with van der Waals surface area (Å²) in [6, 6.07) is 13.1. The van der Waals surface area contributed by atoms with Crippen molar-refractivity contribution in [3.63, 3.8) is 0 Å². The molecule has 2 N–H and O–H groups in total. The van der Waals surface area contributed by atoms with E-state index in [1.807, 2.05) is 42.5 Å². The van der Waals surface area contributed by atoms with E-state index in [0.717, 1.165) is 48.0 Å². The van der Waals surface area contributed by atoms with Crippen LogP contribution in [0, 0.1) is 16.0 Å². The first kappa shape index (κ1) is 34.1. The zero-order chi connectivity index (χ0) is 33.9.